The first-order valence-corrected chi connectivity index (χ1v) is 10.2. The van der Waals surface area contributed by atoms with Crippen LogP contribution in [-0.2, 0) is 0 Å². The van der Waals surface area contributed by atoms with Crippen LogP contribution in [0.25, 0.3) is 21.0 Å². The van der Waals surface area contributed by atoms with E-state index in [-0.39, 0.29) is 11.9 Å². The molecular weight excluding hydrogens is 382 g/mol. The van der Waals surface area contributed by atoms with Crippen LogP contribution in [-0.4, -0.2) is 22.3 Å². The van der Waals surface area contributed by atoms with Gasteiger partial charge in [-0.1, -0.05) is 24.3 Å². The number of furan rings is 1. The highest BCUT2D eigenvalue weighted by Crippen LogP contribution is 2.32. The normalized spacial score (nSPS) is 11.9. The molecule has 1 atom stereocenters. The molecule has 0 spiro atoms. The van der Waals surface area contributed by atoms with E-state index in [1.165, 1.54) is 0 Å². The molecule has 29 heavy (non-hydrogen) atoms. The Bertz CT molecular complexity index is 1170. The third kappa shape index (κ3) is 3.65. The molecule has 5 nitrogen and oxygen atoms in total. The number of benzene rings is 2. The van der Waals surface area contributed by atoms with E-state index >= 15 is 0 Å². The second kappa shape index (κ2) is 7.90. The maximum absolute atomic E-state index is 13.1. The van der Waals surface area contributed by atoms with Crippen molar-refractivity contribution >= 4 is 27.5 Å². The molecule has 0 bridgehead atoms. The van der Waals surface area contributed by atoms with Crippen molar-refractivity contribution in [3.05, 3.63) is 77.6 Å². The Hall–Kier alpha value is -3.43. The zero-order valence-corrected chi connectivity index (χ0v) is 16.9. The quantitative estimate of drug-likeness (QED) is 0.433. The first-order chi connectivity index (χ1) is 14.1. The molecule has 0 fully saturated rings. The summed E-state index contributed by atoms with van der Waals surface area (Å²) in [5.74, 6) is 0.718. The molecule has 0 saturated heterocycles. The lowest BCUT2D eigenvalue weighted by atomic mass is 10.0. The number of thiazole rings is 1. The lowest BCUT2D eigenvalue weighted by Gasteiger charge is -2.27. The highest BCUT2D eigenvalue weighted by molar-refractivity contribution is 7.21. The second-order valence-electron chi connectivity index (χ2n) is 6.65. The minimum Gasteiger partial charge on any atom is -0.448 e. The van der Waals surface area contributed by atoms with Crippen LogP contribution >= 0.6 is 11.3 Å². The van der Waals surface area contributed by atoms with Crippen LogP contribution in [0.15, 0.2) is 65.1 Å². The number of hydrogen-bond donors (Lipinski definition) is 0. The van der Waals surface area contributed by atoms with Gasteiger partial charge in [0.25, 0.3) is 5.91 Å². The smallest absolute Gasteiger partial charge is 0.290 e. The second-order valence-corrected chi connectivity index (χ2v) is 7.68. The number of fused-ring (bicyclic) bond motifs is 1. The monoisotopic (exact) mass is 401 g/mol. The summed E-state index contributed by atoms with van der Waals surface area (Å²) < 4.78 is 6.96. The molecule has 4 aromatic rings. The van der Waals surface area contributed by atoms with Gasteiger partial charge < -0.3 is 9.32 Å². The number of amides is 1. The summed E-state index contributed by atoms with van der Waals surface area (Å²) in [5, 5.41) is 9.73. The van der Waals surface area contributed by atoms with Crippen LogP contribution in [0.2, 0.25) is 0 Å². The molecule has 2 heterocycles. The average Bonchev–Trinajstić information content (AvgIpc) is 3.41. The fourth-order valence-corrected chi connectivity index (χ4v) is 4.22. The zero-order chi connectivity index (χ0) is 20.4. The lowest BCUT2D eigenvalue weighted by Crippen LogP contribution is -2.33. The van der Waals surface area contributed by atoms with E-state index in [1.54, 1.807) is 40.5 Å². The van der Waals surface area contributed by atoms with Gasteiger partial charge in [0.2, 0.25) is 0 Å². The number of nitrogens with zero attached hydrogens (tertiary/aromatic N) is 3. The Labute approximate surface area is 172 Å². The number of para-hydroxylation sites is 1. The van der Waals surface area contributed by atoms with Gasteiger partial charge in [0.15, 0.2) is 16.5 Å². The molecule has 6 heteroatoms. The Morgan fingerprint density at radius 1 is 1.17 bits per heavy atom. The van der Waals surface area contributed by atoms with E-state index in [9.17, 15) is 4.79 Å². The Morgan fingerprint density at radius 2 is 1.93 bits per heavy atom. The number of aromatic nitrogens is 1. The molecule has 0 aliphatic rings. The summed E-state index contributed by atoms with van der Waals surface area (Å²) in [6.45, 7) is 4.45. The van der Waals surface area contributed by atoms with Crippen LogP contribution in [0.5, 0.6) is 0 Å². The van der Waals surface area contributed by atoms with Gasteiger partial charge >= 0.3 is 0 Å². The van der Waals surface area contributed by atoms with Gasteiger partial charge in [0.1, 0.15) is 0 Å². The topological polar surface area (TPSA) is 70.1 Å². The summed E-state index contributed by atoms with van der Waals surface area (Å²) in [5.41, 5.74) is 2.49. The van der Waals surface area contributed by atoms with Crippen molar-refractivity contribution in [3.8, 4) is 16.8 Å². The standard InChI is InChI=1S/C23H19N3O2S/c1-3-26(15(2)17-10-8-16(14-24)9-11-17)23(27)20-13-12-19(28-20)22-25-18-6-4-5-7-21(18)29-22/h4-13,15H,3H2,1-2H3. The van der Waals surface area contributed by atoms with Crippen molar-refractivity contribution in [2.75, 3.05) is 6.54 Å². The molecule has 4 rings (SSSR count). The lowest BCUT2D eigenvalue weighted by molar-refractivity contribution is 0.0670. The van der Waals surface area contributed by atoms with Crippen LogP contribution in [0.1, 0.15) is 41.6 Å². The molecule has 2 aromatic carbocycles. The number of hydrogen-bond acceptors (Lipinski definition) is 5. The van der Waals surface area contributed by atoms with Crippen LogP contribution in [0.3, 0.4) is 0 Å². The van der Waals surface area contributed by atoms with Crippen molar-refractivity contribution in [1.82, 2.24) is 9.88 Å². The summed E-state index contributed by atoms with van der Waals surface area (Å²) in [6.07, 6.45) is 0. The first-order valence-electron chi connectivity index (χ1n) is 9.37. The largest absolute Gasteiger partial charge is 0.448 e. The summed E-state index contributed by atoms with van der Waals surface area (Å²) in [4.78, 5) is 19.4. The SMILES string of the molecule is CCN(C(=O)c1ccc(-c2nc3ccccc3s2)o1)C(C)c1ccc(C#N)cc1. The molecule has 144 valence electrons. The predicted molar refractivity (Wildman–Crippen MR) is 114 cm³/mol. The van der Waals surface area contributed by atoms with Crippen LogP contribution in [0, 0.1) is 11.3 Å². The Kier molecular flexibility index (Phi) is 5.15. The molecule has 0 N–H and O–H groups in total. The number of rotatable bonds is 5. The van der Waals surface area contributed by atoms with E-state index in [4.69, 9.17) is 9.68 Å². The van der Waals surface area contributed by atoms with Gasteiger partial charge in [-0.3, -0.25) is 4.79 Å². The Balaban J connectivity index is 1.58. The molecule has 0 saturated carbocycles. The molecular formula is C23H19N3O2S. The van der Waals surface area contributed by atoms with Gasteiger partial charge in [0, 0.05) is 6.54 Å². The summed E-state index contributed by atoms with van der Waals surface area (Å²) in [6, 6.07) is 20.7. The molecule has 2 aromatic heterocycles. The number of carbonyl (C=O) groups is 1. The van der Waals surface area contributed by atoms with Crippen molar-refractivity contribution in [2.45, 2.75) is 19.9 Å². The van der Waals surface area contributed by atoms with E-state index in [1.807, 2.05) is 50.2 Å². The zero-order valence-electron chi connectivity index (χ0n) is 16.1. The third-order valence-corrected chi connectivity index (χ3v) is 5.96. The van der Waals surface area contributed by atoms with Crippen LogP contribution in [0.4, 0.5) is 0 Å². The van der Waals surface area contributed by atoms with Crippen molar-refractivity contribution < 1.29 is 9.21 Å². The molecule has 1 unspecified atom stereocenters. The van der Waals surface area contributed by atoms with Crippen molar-refractivity contribution in [2.24, 2.45) is 0 Å². The van der Waals surface area contributed by atoms with Gasteiger partial charge in [0.05, 0.1) is 27.9 Å². The summed E-state index contributed by atoms with van der Waals surface area (Å²) >= 11 is 1.54. The first kappa shape index (κ1) is 18.9. The minimum absolute atomic E-state index is 0.142. The predicted octanol–water partition coefficient (Wildman–Crippen LogP) is 5.65. The average molecular weight is 401 g/mol. The maximum Gasteiger partial charge on any atom is 0.290 e. The molecule has 0 aliphatic carbocycles. The van der Waals surface area contributed by atoms with E-state index in [0.717, 1.165) is 20.8 Å². The van der Waals surface area contributed by atoms with Gasteiger partial charge in [-0.05, 0) is 55.8 Å². The van der Waals surface area contributed by atoms with E-state index in [2.05, 4.69) is 11.1 Å². The molecule has 1 amide bonds. The molecule has 0 radical (unpaired) electrons. The minimum atomic E-state index is -0.170. The maximum atomic E-state index is 13.1. The van der Waals surface area contributed by atoms with Gasteiger partial charge in [-0.25, -0.2) is 4.98 Å². The third-order valence-electron chi connectivity index (χ3n) is 4.91. The van der Waals surface area contributed by atoms with Gasteiger partial charge in [-0.2, -0.15) is 5.26 Å². The highest BCUT2D eigenvalue weighted by Gasteiger charge is 2.24. The fourth-order valence-electron chi connectivity index (χ4n) is 3.30. The number of nitriles is 1. The fraction of sp³-hybridized carbons (Fsp3) is 0.174. The number of carbonyl (C=O) groups excluding carboxylic acids is 1. The summed E-state index contributed by atoms with van der Waals surface area (Å²) in [7, 11) is 0. The van der Waals surface area contributed by atoms with Crippen LogP contribution < -0.4 is 0 Å². The van der Waals surface area contributed by atoms with Crippen molar-refractivity contribution in [3.63, 3.8) is 0 Å². The van der Waals surface area contributed by atoms with E-state index in [0.29, 0.717) is 23.6 Å². The van der Waals surface area contributed by atoms with Crippen molar-refractivity contribution in [1.29, 1.82) is 5.26 Å². The van der Waals surface area contributed by atoms with E-state index < -0.39 is 0 Å². The molecule has 0 aliphatic heterocycles. The van der Waals surface area contributed by atoms with Gasteiger partial charge in [-0.15, -0.1) is 11.3 Å². The Morgan fingerprint density at radius 3 is 2.62 bits per heavy atom. The highest BCUT2D eigenvalue weighted by atomic mass is 32.1.